The Bertz CT molecular complexity index is 553. The molecule has 1 aromatic carbocycles. The minimum Gasteiger partial charge on any atom is -0.444 e. The van der Waals surface area contributed by atoms with Crippen molar-refractivity contribution >= 4 is 27.5 Å². The highest BCUT2D eigenvalue weighted by molar-refractivity contribution is 9.10. The summed E-state index contributed by atoms with van der Waals surface area (Å²) in [6, 6.07) is 9.00. The lowest BCUT2D eigenvalue weighted by molar-refractivity contribution is 0.0965. The van der Waals surface area contributed by atoms with Crippen LogP contribution in [0.1, 0.15) is 10.6 Å². The Morgan fingerprint density at radius 2 is 2.12 bits per heavy atom. The number of anilines is 1. The molecule has 0 radical (unpaired) electrons. The maximum absolute atomic E-state index is 13.0. The van der Waals surface area contributed by atoms with Crippen molar-refractivity contribution in [3.05, 3.63) is 52.6 Å². The maximum Gasteiger partial charge on any atom is 0.293 e. The smallest absolute Gasteiger partial charge is 0.293 e. The third kappa shape index (κ3) is 2.55. The Balaban J connectivity index is 2.26. The summed E-state index contributed by atoms with van der Waals surface area (Å²) in [5, 5.41) is 0. The van der Waals surface area contributed by atoms with E-state index >= 15 is 0 Å². The van der Waals surface area contributed by atoms with Gasteiger partial charge in [0, 0.05) is 12.7 Å². The lowest BCUT2D eigenvalue weighted by atomic mass is 10.2. The van der Waals surface area contributed by atoms with Gasteiger partial charge >= 0.3 is 0 Å². The van der Waals surface area contributed by atoms with Gasteiger partial charge in [-0.15, -0.1) is 0 Å². The fraction of sp³-hybridized carbons (Fsp3) is 0.0833. The summed E-state index contributed by atoms with van der Waals surface area (Å²) in [6.45, 7) is 0. The number of carbonyl (C=O) groups is 1. The van der Waals surface area contributed by atoms with Gasteiger partial charge in [-0.1, -0.05) is 6.07 Å². The van der Waals surface area contributed by atoms with E-state index in [1.54, 1.807) is 31.3 Å². The first-order valence-electron chi connectivity index (χ1n) is 4.87. The van der Waals surface area contributed by atoms with E-state index in [0.717, 1.165) is 0 Å². The molecule has 2 aromatic rings. The molecule has 1 aromatic heterocycles. The largest absolute Gasteiger partial charge is 0.444 e. The summed E-state index contributed by atoms with van der Waals surface area (Å²) in [7, 11) is 1.56. The second-order valence-corrected chi connectivity index (χ2v) is 4.23. The first-order valence-corrected chi connectivity index (χ1v) is 5.66. The number of hydrogen-bond donors (Lipinski definition) is 0. The van der Waals surface area contributed by atoms with Gasteiger partial charge in [0.15, 0.2) is 10.4 Å². The number of nitrogens with zero attached hydrogens (tertiary/aromatic N) is 1. The zero-order valence-corrected chi connectivity index (χ0v) is 10.6. The van der Waals surface area contributed by atoms with Gasteiger partial charge in [0.1, 0.15) is 5.82 Å². The number of amides is 1. The molecule has 0 aliphatic carbocycles. The molecule has 0 saturated heterocycles. The summed E-state index contributed by atoms with van der Waals surface area (Å²) >= 11 is 3.12. The van der Waals surface area contributed by atoms with Gasteiger partial charge in [-0.05, 0) is 46.3 Å². The molecule has 0 spiro atoms. The summed E-state index contributed by atoms with van der Waals surface area (Å²) in [4.78, 5) is 13.3. The quantitative estimate of drug-likeness (QED) is 0.850. The van der Waals surface area contributed by atoms with Gasteiger partial charge in [-0.3, -0.25) is 4.79 Å². The van der Waals surface area contributed by atoms with E-state index in [1.807, 2.05) is 0 Å². The van der Waals surface area contributed by atoms with Gasteiger partial charge in [0.2, 0.25) is 0 Å². The van der Waals surface area contributed by atoms with Gasteiger partial charge in [0.25, 0.3) is 5.91 Å². The Labute approximate surface area is 106 Å². The highest BCUT2D eigenvalue weighted by Crippen LogP contribution is 2.19. The van der Waals surface area contributed by atoms with E-state index in [4.69, 9.17) is 4.42 Å². The molecule has 0 aliphatic rings. The van der Waals surface area contributed by atoms with Crippen molar-refractivity contribution in [3.8, 4) is 0 Å². The molecule has 1 heterocycles. The van der Waals surface area contributed by atoms with Crippen LogP contribution in [-0.4, -0.2) is 13.0 Å². The lowest BCUT2D eigenvalue weighted by Crippen LogP contribution is -2.25. The summed E-state index contributed by atoms with van der Waals surface area (Å²) < 4.78 is 18.7. The van der Waals surface area contributed by atoms with Crippen molar-refractivity contribution in [2.75, 3.05) is 11.9 Å². The molecule has 1 amide bonds. The first-order chi connectivity index (χ1) is 8.08. The van der Waals surface area contributed by atoms with E-state index in [2.05, 4.69) is 15.9 Å². The monoisotopic (exact) mass is 297 g/mol. The predicted molar refractivity (Wildman–Crippen MR) is 65.5 cm³/mol. The number of rotatable bonds is 2. The molecule has 0 saturated carbocycles. The van der Waals surface area contributed by atoms with Crippen LogP contribution < -0.4 is 4.90 Å². The molecule has 0 fully saturated rings. The Kier molecular flexibility index (Phi) is 3.28. The molecule has 17 heavy (non-hydrogen) atoms. The SMILES string of the molecule is CN(C(=O)c1ccc(Br)o1)c1cccc(F)c1. The van der Waals surface area contributed by atoms with Crippen LogP contribution in [0, 0.1) is 5.82 Å². The minimum atomic E-state index is -0.386. The first kappa shape index (κ1) is 11.9. The van der Waals surface area contributed by atoms with Crippen molar-refractivity contribution in [1.29, 1.82) is 0 Å². The minimum absolute atomic E-state index is 0.198. The highest BCUT2D eigenvalue weighted by atomic mass is 79.9. The molecule has 88 valence electrons. The van der Waals surface area contributed by atoms with Gasteiger partial charge in [0.05, 0.1) is 0 Å². The zero-order valence-electron chi connectivity index (χ0n) is 8.98. The molecule has 5 heteroatoms. The van der Waals surface area contributed by atoms with E-state index < -0.39 is 0 Å². The third-order valence-electron chi connectivity index (χ3n) is 2.28. The predicted octanol–water partition coefficient (Wildman–Crippen LogP) is 3.46. The van der Waals surface area contributed by atoms with Crippen molar-refractivity contribution in [1.82, 2.24) is 0 Å². The summed E-state index contributed by atoms with van der Waals surface area (Å²) in [6.07, 6.45) is 0. The molecule has 0 unspecified atom stereocenters. The number of benzene rings is 1. The van der Waals surface area contributed by atoms with E-state index in [-0.39, 0.29) is 17.5 Å². The summed E-state index contributed by atoms with van der Waals surface area (Å²) in [5.74, 6) is -0.521. The average molecular weight is 298 g/mol. The van der Waals surface area contributed by atoms with E-state index in [9.17, 15) is 9.18 Å². The average Bonchev–Trinajstić information content (AvgIpc) is 2.74. The van der Waals surface area contributed by atoms with Crippen LogP contribution in [0.15, 0.2) is 45.5 Å². The van der Waals surface area contributed by atoms with Crippen molar-refractivity contribution in [2.24, 2.45) is 0 Å². The highest BCUT2D eigenvalue weighted by Gasteiger charge is 2.17. The van der Waals surface area contributed by atoms with Crippen molar-refractivity contribution in [3.63, 3.8) is 0 Å². The number of carbonyl (C=O) groups excluding carboxylic acids is 1. The van der Waals surface area contributed by atoms with Crippen LogP contribution in [0.3, 0.4) is 0 Å². The molecule has 0 bridgehead atoms. The standard InChI is InChI=1S/C12H9BrFNO2/c1-15(9-4-2-3-8(14)7-9)12(16)10-5-6-11(13)17-10/h2-7H,1H3. The third-order valence-corrected chi connectivity index (χ3v) is 2.71. The fourth-order valence-electron chi connectivity index (χ4n) is 1.40. The second-order valence-electron chi connectivity index (χ2n) is 3.45. The van der Waals surface area contributed by atoms with Crippen LogP contribution in [0.25, 0.3) is 0 Å². The molecule has 0 N–H and O–H groups in total. The Morgan fingerprint density at radius 1 is 1.35 bits per heavy atom. The molecular weight excluding hydrogens is 289 g/mol. The van der Waals surface area contributed by atoms with Crippen LogP contribution in [0.2, 0.25) is 0 Å². The molecule has 3 nitrogen and oxygen atoms in total. The van der Waals surface area contributed by atoms with Gasteiger partial charge in [-0.25, -0.2) is 4.39 Å². The van der Waals surface area contributed by atoms with Crippen LogP contribution in [-0.2, 0) is 0 Å². The van der Waals surface area contributed by atoms with E-state index in [1.165, 1.54) is 17.0 Å². The second kappa shape index (κ2) is 4.71. The normalized spacial score (nSPS) is 10.3. The van der Waals surface area contributed by atoms with Gasteiger partial charge < -0.3 is 9.32 Å². The molecule has 0 atom stereocenters. The molecular formula is C12H9BrFNO2. The van der Waals surface area contributed by atoms with Gasteiger partial charge in [-0.2, -0.15) is 0 Å². The fourth-order valence-corrected chi connectivity index (χ4v) is 1.70. The van der Waals surface area contributed by atoms with Crippen LogP contribution in [0.5, 0.6) is 0 Å². The number of halogens is 2. The van der Waals surface area contributed by atoms with Crippen molar-refractivity contribution < 1.29 is 13.6 Å². The number of furan rings is 1. The van der Waals surface area contributed by atoms with Crippen LogP contribution >= 0.6 is 15.9 Å². The van der Waals surface area contributed by atoms with E-state index in [0.29, 0.717) is 10.4 Å². The zero-order chi connectivity index (χ0) is 12.4. The lowest BCUT2D eigenvalue weighted by Gasteiger charge is -2.15. The topological polar surface area (TPSA) is 33.5 Å². The van der Waals surface area contributed by atoms with Crippen molar-refractivity contribution in [2.45, 2.75) is 0 Å². The number of hydrogen-bond acceptors (Lipinski definition) is 2. The maximum atomic E-state index is 13.0. The van der Waals surface area contributed by atoms with Crippen LogP contribution in [0.4, 0.5) is 10.1 Å². The summed E-state index contributed by atoms with van der Waals surface area (Å²) in [5.41, 5.74) is 0.475. The Hall–Kier alpha value is -1.62. The molecule has 0 aliphatic heterocycles. The molecule has 2 rings (SSSR count). The Morgan fingerprint density at radius 3 is 2.71 bits per heavy atom.